The van der Waals surface area contributed by atoms with Crippen LogP contribution in [0.2, 0.25) is 0 Å². The van der Waals surface area contributed by atoms with Crippen molar-refractivity contribution in [2.75, 3.05) is 6.61 Å². The van der Waals surface area contributed by atoms with Gasteiger partial charge in [-0.3, -0.25) is 0 Å². The number of halogens is 2. The number of hydrogen-bond acceptors (Lipinski definition) is 3. The highest BCUT2D eigenvalue weighted by Gasteiger charge is 2.15. The fourth-order valence-electron chi connectivity index (χ4n) is 3.90. The van der Waals surface area contributed by atoms with Crippen molar-refractivity contribution in [1.82, 2.24) is 9.97 Å². The molecular formula is C29H42F2N2O. The van der Waals surface area contributed by atoms with Gasteiger partial charge in [0.1, 0.15) is 0 Å². The number of nitrogens with zero attached hydrogens (tertiary/aromatic N) is 2. The maximum Gasteiger partial charge on any atom is 0.170 e. The van der Waals surface area contributed by atoms with Crippen molar-refractivity contribution in [1.29, 1.82) is 0 Å². The van der Waals surface area contributed by atoms with Gasteiger partial charge in [-0.25, -0.2) is 18.7 Å². The second kappa shape index (κ2) is 17.2. The quantitative estimate of drug-likeness (QED) is 0.203. The van der Waals surface area contributed by atoms with Crippen molar-refractivity contribution in [3.05, 3.63) is 47.8 Å². The SMILES string of the molecule is CCCCCCCCC=Cc1ccc(-c2ncc(OCCCCCCCCC)cn2)c(F)c1F. The average molecular weight is 473 g/mol. The number of rotatable bonds is 18. The van der Waals surface area contributed by atoms with E-state index in [0.717, 1.165) is 25.7 Å². The predicted octanol–water partition coefficient (Wildman–Crippen LogP) is 9.31. The molecule has 188 valence electrons. The van der Waals surface area contributed by atoms with E-state index in [1.165, 1.54) is 82.7 Å². The Kier molecular flexibility index (Phi) is 14.1. The maximum absolute atomic E-state index is 14.7. The van der Waals surface area contributed by atoms with Crippen molar-refractivity contribution >= 4 is 6.08 Å². The summed E-state index contributed by atoms with van der Waals surface area (Å²) in [7, 11) is 0. The zero-order valence-corrected chi connectivity index (χ0v) is 21.1. The summed E-state index contributed by atoms with van der Waals surface area (Å²) in [6.07, 6.45) is 23.3. The molecule has 0 unspecified atom stereocenters. The van der Waals surface area contributed by atoms with Crippen LogP contribution in [0.1, 0.15) is 109 Å². The molecule has 2 aromatic rings. The smallest absolute Gasteiger partial charge is 0.170 e. The fraction of sp³-hybridized carbons (Fsp3) is 0.586. The van der Waals surface area contributed by atoms with Gasteiger partial charge in [-0.2, -0.15) is 0 Å². The molecule has 0 aliphatic rings. The average Bonchev–Trinajstić information content (AvgIpc) is 2.85. The number of benzene rings is 1. The van der Waals surface area contributed by atoms with E-state index in [1.807, 2.05) is 6.08 Å². The molecule has 0 spiro atoms. The number of ether oxygens (including phenoxy) is 1. The first kappa shape index (κ1) is 27.9. The molecule has 0 saturated carbocycles. The highest BCUT2D eigenvalue weighted by atomic mass is 19.2. The van der Waals surface area contributed by atoms with Crippen molar-refractivity contribution in [3.8, 4) is 17.1 Å². The first-order chi connectivity index (χ1) is 16.7. The van der Waals surface area contributed by atoms with Gasteiger partial charge in [-0.15, -0.1) is 0 Å². The van der Waals surface area contributed by atoms with Crippen molar-refractivity contribution in [2.45, 2.75) is 104 Å². The largest absolute Gasteiger partial charge is 0.490 e. The van der Waals surface area contributed by atoms with E-state index in [2.05, 4.69) is 23.8 Å². The van der Waals surface area contributed by atoms with Crippen LogP contribution < -0.4 is 4.74 Å². The Hall–Kier alpha value is -2.30. The van der Waals surface area contributed by atoms with E-state index in [4.69, 9.17) is 4.74 Å². The molecule has 0 aliphatic heterocycles. The van der Waals surface area contributed by atoms with Crippen LogP contribution in [0.4, 0.5) is 8.78 Å². The van der Waals surface area contributed by atoms with Crippen molar-refractivity contribution in [2.24, 2.45) is 0 Å². The zero-order chi connectivity index (χ0) is 24.4. The third-order valence-corrected chi connectivity index (χ3v) is 6.02. The predicted molar refractivity (Wildman–Crippen MR) is 138 cm³/mol. The van der Waals surface area contributed by atoms with Gasteiger partial charge < -0.3 is 4.74 Å². The third kappa shape index (κ3) is 10.3. The topological polar surface area (TPSA) is 35.0 Å². The first-order valence-corrected chi connectivity index (χ1v) is 13.3. The van der Waals surface area contributed by atoms with Gasteiger partial charge in [0.2, 0.25) is 0 Å². The first-order valence-electron chi connectivity index (χ1n) is 13.3. The van der Waals surface area contributed by atoms with E-state index >= 15 is 0 Å². The molecule has 1 aromatic carbocycles. The van der Waals surface area contributed by atoms with Crippen LogP contribution in [0.25, 0.3) is 17.5 Å². The molecule has 1 heterocycles. The van der Waals surface area contributed by atoms with Gasteiger partial charge in [0.05, 0.1) is 24.6 Å². The third-order valence-electron chi connectivity index (χ3n) is 6.02. The zero-order valence-electron chi connectivity index (χ0n) is 21.1. The molecule has 0 fully saturated rings. The second-order valence-electron chi connectivity index (χ2n) is 9.00. The lowest BCUT2D eigenvalue weighted by Crippen LogP contribution is -2.00. The van der Waals surface area contributed by atoms with Crippen molar-refractivity contribution in [3.63, 3.8) is 0 Å². The Balaban J connectivity index is 1.79. The summed E-state index contributed by atoms with van der Waals surface area (Å²) in [6, 6.07) is 3.12. The van der Waals surface area contributed by atoms with E-state index in [0.29, 0.717) is 12.4 Å². The summed E-state index contributed by atoms with van der Waals surface area (Å²) in [6.45, 7) is 5.03. The molecule has 5 heteroatoms. The molecule has 1 aromatic heterocycles. The molecule has 0 aliphatic carbocycles. The summed E-state index contributed by atoms with van der Waals surface area (Å²) in [5.74, 6) is -1.08. The van der Waals surface area contributed by atoms with Gasteiger partial charge in [-0.1, -0.05) is 103 Å². The van der Waals surface area contributed by atoms with E-state index in [9.17, 15) is 8.78 Å². The van der Waals surface area contributed by atoms with Crippen LogP contribution in [0.15, 0.2) is 30.6 Å². The summed E-state index contributed by atoms with van der Waals surface area (Å²) in [4.78, 5) is 8.37. The van der Waals surface area contributed by atoms with Crippen LogP contribution in [0, 0.1) is 11.6 Å². The highest BCUT2D eigenvalue weighted by molar-refractivity contribution is 5.61. The number of aromatic nitrogens is 2. The van der Waals surface area contributed by atoms with Crippen LogP contribution in [-0.4, -0.2) is 16.6 Å². The van der Waals surface area contributed by atoms with Crippen LogP contribution in [0.3, 0.4) is 0 Å². The molecule has 0 N–H and O–H groups in total. The highest BCUT2D eigenvalue weighted by Crippen LogP contribution is 2.25. The molecule has 0 amide bonds. The Labute approximate surface area is 205 Å². The Morgan fingerprint density at radius 2 is 1.32 bits per heavy atom. The molecule has 3 nitrogen and oxygen atoms in total. The summed E-state index contributed by atoms with van der Waals surface area (Å²) < 4.78 is 34.9. The molecular weight excluding hydrogens is 430 g/mol. The monoisotopic (exact) mass is 472 g/mol. The summed E-state index contributed by atoms with van der Waals surface area (Å²) in [5, 5.41) is 0. The lowest BCUT2D eigenvalue weighted by atomic mass is 10.1. The molecule has 0 atom stereocenters. The molecule has 0 bridgehead atoms. The minimum Gasteiger partial charge on any atom is -0.490 e. The summed E-state index contributed by atoms with van der Waals surface area (Å²) in [5.41, 5.74) is 0.311. The van der Waals surface area contributed by atoms with Gasteiger partial charge >= 0.3 is 0 Å². The minimum absolute atomic E-state index is 0.0594. The number of hydrogen-bond donors (Lipinski definition) is 0. The second-order valence-corrected chi connectivity index (χ2v) is 9.00. The van der Waals surface area contributed by atoms with Gasteiger partial charge in [-0.05, 0) is 25.3 Å². The lowest BCUT2D eigenvalue weighted by Gasteiger charge is -2.08. The van der Waals surface area contributed by atoms with Gasteiger partial charge in [0.25, 0.3) is 0 Å². The van der Waals surface area contributed by atoms with Crippen LogP contribution in [0.5, 0.6) is 5.75 Å². The molecule has 34 heavy (non-hydrogen) atoms. The fourth-order valence-corrected chi connectivity index (χ4v) is 3.90. The maximum atomic E-state index is 14.7. The molecule has 0 saturated heterocycles. The Bertz CT molecular complexity index is 837. The normalized spacial score (nSPS) is 11.4. The molecule has 0 radical (unpaired) electrons. The minimum atomic E-state index is -0.918. The molecule has 2 rings (SSSR count). The standard InChI is InChI=1S/C29H42F2N2O/c1-3-5-7-9-11-12-14-16-18-24-19-20-26(28(31)27(24)30)29-32-22-25(23-33-29)34-21-17-15-13-10-8-6-4-2/h16,18-20,22-23H,3-15,17,21H2,1-2H3. The van der Waals surface area contributed by atoms with Crippen molar-refractivity contribution < 1.29 is 13.5 Å². The van der Waals surface area contributed by atoms with E-state index < -0.39 is 11.6 Å². The lowest BCUT2D eigenvalue weighted by molar-refractivity contribution is 0.302. The van der Waals surface area contributed by atoms with Crippen LogP contribution >= 0.6 is 0 Å². The van der Waals surface area contributed by atoms with Gasteiger partial charge in [0.15, 0.2) is 23.2 Å². The number of allylic oxidation sites excluding steroid dienone is 1. The summed E-state index contributed by atoms with van der Waals surface area (Å²) >= 11 is 0. The van der Waals surface area contributed by atoms with E-state index in [-0.39, 0.29) is 17.0 Å². The number of unbranched alkanes of at least 4 members (excludes halogenated alkanes) is 12. The Morgan fingerprint density at radius 1 is 0.735 bits per heavy atom. The Morgan fingerprint density at radius 3 is 1.97 bits per heavy atom. The van der Waals surface area contributed by atoms with Gasteiger partial charge in [0, 0.05) is 5.56 Å². The van der Waals surface area contributed by atoms with Crippen LogP contribution in [-0.2, 0) is 0 Å². The van der Waals surface area contributed by atoms with E-state index in [1.54, 1.807) is 12.1 Å².